The van der Waals surface area contributed by atoms with E-state index < -0.39 is 17.8 Å². The fourth-order valence-electron chi connectivity index (χ4n) is 8.13. The van der Waals surface area contributed by atoms with Crippen molar-refractivity contribution in [1.29, 1.82) is 0 Å². The lowest BCUT2D eigenvalue weighted by molar-refractivity contribution is -0.126. The van der Waals surface area contributed by atoms with Crippen molar-refractivity contribution < 1.29 is 20.1 Å². The van der Waals surface area contributed by atoms with Gasteiger partial charge in [0.1, 0.15) is 5.78 Å². The number of aliphatic hydroxyl groups excluding tert-OH is 2. The van der Waals surface area contributed by atoms with Crippen molar-refractivity contribution in [3.05, 3.63) is 46.5 Å². The van der Waals surface area contributed by atoms with E-state index in [1.807, 2.05) is 0 Å². The second-order valence-corrected chi connectivity index (χ2v) is 13.9. The first kappa shape index (κ1) is 27.6. The number of carbonyl (C=O) groups excluding carboxylic acids is 1. The highest BCUT2D eigenvalue weighted by Crippen LogP contribution is 2.62. The van der Waals surface area contributed by atoms with Crippen LogP contribution in [0.25, 0.3) is 0 Å². The van der Waals surface area contributed by atoms with Crippen LogP contribution in [0.15, 0.2) is 35.4 Å². The molecule has 4 nitrogen and oxygen atoms in total. The standard InChI is InChI=1S/C34H46O4/c1-32(2,3)24-13-11-22(12-14-24)9-7-5-6-8-10-23-20-33(4)28(19-29(36)31(33)37)26-17-18-34(38)21-25(35)15-16-27(34)30(23)26/h11-14,23,26,28-29,31,36-38H,5-7,9,15-21H2,1-4H3/t23?,26-,28-,29+,31?,33-,34+/m0/s1. The first-order valence-corrected chi connectivity index (χ1v) is 14.8. The van der Waals surface area contributed by atoms with E-state index in [9.17, 15) is 20.1 Å². The van der Waals surface area contributed by atoms with Crippen LogP contribution in [0.5, 0.6) is 0 Å². The Kier molecular flexibility index (Phi) is 7.44. The molecule has 38 heavy (non-hydrogen) atoms. The fraction of sp³-hybridized carbons (Fsp3) is 0.676. The summed E-state index contributed by atoms with van der Waals surface area (Å²) in [6.45, 7) is 8.85. The molecule has 0 spiro atoms. The summed E-state index contributed by atoms with van der Waals surface area (Å²) in [4.78, 5) is 12.2. The van der Waals surface area contributed by atoms with Gasteiger partial charge in [0.2, 0.25) is 0 Å². The first-order valence-electron chi connectivity index (χ1n) is 14.8. The quantitative estimate of drug-likeness (QED) is 0.273. The number of unbranched alkanes of at least 4 members (excludes halogenated alkanes) is 2. The molecule has 0 radical (unpaired) electrons. The van der Waals surface area contributed by atoms with E-state index in [4.69, 9.17) is 0 Å². The Bertz CT molecular complexity index is 1150. The molecule has 7 atom stereocenters. The van der Waals surface area contributed by atoms with E-state index in [0.29, 0.717) is 32.1 Å². The smallest absolute Gasteiger partial charge is 0.136 e. The molecule has 1 aromatic rings. The molecule has 4 aliphatic rings. The minimum atomic E-state index is -1.02. The largest absolute Gasteiger partial charge is 0.390 e. The second-order valence-electron chi connectivity index (χ2n) is 13.9. The van der Waals surface area contributed by atoms with Gasteiger partial charge in [0.05, 0.1) is 17.8 Å². The Morgan fingerprint density at radius 3 is 2.53 bits per heavy atom. The molecule has 3 saturated carbocycles. The van der Waals surface area contributed by atoms with Crippen molar-refractivity contribution in [3.8, 4) is 11.8 Å². The highest BCUT2D eigenvalue weighted by Gasteiger charge is 2.60. The number of aliphatic hydroxyl groups is 3. The van der Waals surface area contributed by atoms with Crippen LogP contribution in [0.2, 0.25) is 0 Å². The van der Waals surface area contributed by atoms with Crippen LogP contribution >= 0.6 is 0 Å². The molecule has 2 unspecified atom stereocenters. The SMILES string of the molecule is CC(C)(C)c1ccc(CCCCC#CC2C[C@]3(C)C(O)[C@H](O)C[C@H]3[C@@H]3CC[C@@]4(O)CC(=O)CCC4=C23)cc1. The van der Waals surface area contributed by atoms with Crippen molar-refractivity contribution in [3.63, 3.8) is 0 Å². The van der Waals surface area contributed by atoms with Crippen LogP contribution in [-0.4, -0.2) is 38.9 Å². The van der Waals surface area contributed by atoms with Gasteiger partial charge in [0.15, 0.2) is 0 Å². The van der Waals surface area contributed by atoms with Crippen LogP contribution in [0, 0.1) is 35.0 Å². The van der Waals surface area contributed by atoms with Gasteiger partial charge >= 0.3 is 0 Å². The van der Waals surface area contributed by atoms with Crippen LogP contribution in [-0.2, 0) is 16.6 Å². The summed E-state index contributed by atoms with van der Waals surface area (Å²) in [5.74, 6) is 7.59. The molecule has 206 valence electrons. The molecule has 0 saturated heterocycles. The number of hydrogen-bond acceptors (Lipinski definition) is 4. The molecule has 5 rings (SSSR count). The van der Waals surface area contributed by atoms with Crippen molar-refractivity contribution in [2.24, 2.45) is 23.2 Å². The number of Topliss-reactive ketones (excluding diaryl/α,β-unsaturated/α-hetero) is 1. The van der Waals surface area contributed by atoms with Gasteiger partial charge in [-0.3, -0.25) is 4.79 Å². The lowest BCUT2D eigenvalue weighted by Crippen LogP contribution is -2.50. The summed E-state index contributed by atoms with van der Waals surface area (Å²) in [7, 11) is 0. The molecule has 4 heteroatoms. The van der Waals surface area contributed by atoms with Gasteiger partial charge in [-0.25, -0.2) is 0 Å². The summed E-state index contributed by atoms with van der Waals surface area (Å²) in [5.41, 5.74) is 3.83. The third-order valence-corrected chi connectivity index (χ3v) is 10.3. The van der Waals surface area contributed by atoms with Gasteiger partial charge in [0.25, 0.3) is 0 Å². The molecule has 3 N–H and O–H groups in total. The Hall–Kier alpha value is -1.93. The lowest BCUT2D eigenvalue weighted by atomic mass is 9.52. The normalized spacial score (nSPS) is 36.7. The predicted octanol–water partition coefficient (Wildman–Crippen LogP) is 5.66. The average molecular weight is 519 g/mol. The number of rotatable bonds is 4. The molecule has 0 aromatic heterocycles. The van der Waals surface area contributed by atoms with Gasteiger partial charge in [-0.1, -0.05) is 57.9 Å². The van der Waals surface area contributed by atoms with Crippen LogP contribution in [0.3, 0.4) is 0 Å². The number of ketones is 1. The summed E-state index contributed by atoms with van der Waals surface area (Å²) in [6.07, 6.45) is 6.64. The topological polar surface area (TPSA) is 77.8 Å². The summed E-state index contributed by atoms with van der Waals surface area (Å²) >= 11 is 0. The van der Waals surface area contributed by atoms with E-state index in [-0.39, 0.29) is 40.8 Å². The second kappa shape index (κ2) is 10.2. The summed E-state index contributed by atoms with van der Waals surface area (Å²) < 4.78 is 0. The van der Waals surface area contributed by atoms with Crippen LogP contribution in [0.1, 0.15) is 103 Å². The maximum atomic E-state index is 12.2. The summed E-state index contributed by atoms with van der Waals surface area (Å²) in [6, 6.07) is 8.99. The van der Waals surface area contributed by atoms with Crippen molar-refractivity contribution in [2.75, 3.05) is 0 Å². The number of hydrogen-bond donors (Lipinski definition) is 3. The van der Waals surface area contributed by atoms with Gasteiger partial charge < -0.3 is 15.3 Å². The zero-order valence-electron chi connectivity index (χ0n) is 23.7. The molecular formula is C34H46O4. The Labute approximate surface area is 228 Å². The zero-order chi connectivity index (χ0) is 27.3. The van der Waals surface area contributed by atoms with E-state index in [1.54, 1.807) is 0 Å². The van der Waals surface area contributed by atoms with Crippen molar-refractivity contribution in [1.82, 2.24) is 0 Å². The number of benzene rings is 1. The van der Waals surface area contributed by atoms with Crippen molar-refractivity contribution in [2.45, 2.75) is 122 Å². The maximum Gasteiger partial charge on any atom is 0.136 e. The molecule has 1 aromatic carbocycles. The third kappa shape index (κ3) is 5.03. The third-order valence-electron chi connectivity index (χ3n) is 10.3. The number of carbonyl (C=O) groups is 1. The molecule has 0 aliphatic heterocycles. The van der Waals surface area contributed by atoms with Crippen LogP contribution in [0.4, 0.5) is 0 Å². The van der Waals surface area contributed by atoms with Gasteiger partial charge in [-0.15, -0.1) is 5.92 Å². The monoisotopic (exact) mass is 518 g/mol. The molecular weight excluding hydrogens is 472 g/mol. The highest BCUT2D eigenvalue weighted by atomic mass is 16.3. The van der Waals surface area contributed by atoms with Crippen molar-refractivity contribution >= 4 is 5.78 Å². The molecule has 0 bridgehead atoms. The number of allylic oxidation sites excluding steroid dienone is 1. The minimum absolute atomic E-state index is 0.0267. The minimum Gasteiger partial charge on any atom is -0.390 e. The average Bonchev–Trinajstić information content (AvgIpc) is 3.08. The number of fused-ring (bicyclic) bond motifs is 4. The maximum absolute atomic E-state index is 12.2. The van der Waals surface area contributed by atoms with Gasteiger partial charge in [-0.2, -0.15) is 0 Å². The fourth-order valence-corrected chi connectivity index (χ4v) is 8.13. The Morgan fingerprint density at radius 2 is 1.82 bits per heavy atom. The van der Waals surface area contributed by atoms with E-state index in [0.717, 1.165) is 37.7 Å². The molecule has 0 heterocycles. The molecule has 3 fully saturated rings. The Morgan fingerprint density at radius 1 is 1.08 bits per heavy atom. The van der Waals surface area contributed by atoms with Gasteiger partial charge in [-0.05, 0) is 90.9 Å². The van der Waals surface area contributed by atoms with E-state index in [2.05, 4.69) is 63.8 Å². The van der Waals surface area contributed by atoms with E-state index in [1.165, 1.54) is 16.7 Å². The predicted molar refractivity (Wildman–Crippen MR) is 150 cm³/mol. The Balaban J connectivity index is 1.30. The number of aryl methyl sites for hydroxylation is 1. The molecule has 4 aliphatic carbocycles. The first-order chi connectivity index (χ1) is 17.9. The van der Waals surface area contributed by atoms with Gasteiger partial charge in [0, 0.05) is 30.6 Å². The highest BCUT2D eigenvalue weighted by molar-refractivity contribution is 5.82. The van der Waals surface area contributed by atoms with E-state index >= 15 is 0 Å². The molecule has 0 amide bonds. The lowest BCUT2D eigenvalue weighted by Gasteiger charge is -2.53. The summed E-state index contributed by atoms with van der Waals surface area (Å²) in [5, 5.41) is 33.1. The van der Waals surface area contributed by atoms with Crippen LogP contribution < -0.4 is 0 Å². The zero-order valence-corrected chi connectivity index (χ0v) is 23.7.